The molecule has 0 heterocycles. The molecule has 0 atom stereocenters. The summed E-state index contributed by atoms with van der Waals surface area (Å²) in [4.78, 5) is 22.5. The van der Waals surface area contributed by atoms with Crippen molar-refractivity contribution < 1.29 is 28.5 Å². The fourth-order valence-corrected chi connectivity index (χ4v) is 2.04. The van der Waals surface area contributed by atoms with Gasteiger partial charge in [0.2, 0.25) is 0 Å². The molecule has 2 aromatic rings. The molecule has 6 nitrogen and oxygen atoms in total. The highest BCUT2D eigenvalue weighted by Crippen LogP contribution is 2.24. The van der Waals surface area contributed by atoms with Crippen molar-refractivity contribution in [1.82, 2.24) is 0 Å². The normalized spacial score (nSPS) is 10.6. The van der Waals surface area contributed by atoms with Gasteiger partial charge in [0.15, 0.2) is 0 Å². The third kappa shape index (κ3) is 7.16. The smallest absolute Gasteiger partial charge is 0.338 e. The fourth-order valence-electron chi connectivity index (χ4n) is 2.04. The molecular formula is C24H22O6. The maximum atomic E-state index is 11.2. The van der Waals surface area contributed by atoms with Crippen molar-refractivity contribution >= 4 is 11.9 Å². The summed E-state index contributed by atoms with van der Waals surface area (Å²) in [5.41, 5.74) is 2.58. The third-order valence-electron chi connectivity index (χ3n) is 3.61. The molecule has 2 aromatic carbocycles. The molecule has 0 amide bonds. The monoisotopic (exact) mass is 406 g/mol. The number of hydrogen-bond acceptors (Lipinski definition) is 6. The van der Waals surface area contributed by atoms with Crippen molar-refractivity contribution in [1.29, 1.82) is 0 Å². The van der Waals surface area contributed by atoms with Gasteiger partial charge in [0, 0.05) is 11.1 Å². The van der Waals surface area contributed by atoms with E-state index in [2.05, 4.69) is 13.2 Å². The molecule has 0 unspecified atom stereocenters. The van der Waals surface area contributed by atoms with E-state index in [1.165, 1.54) is 12.5 Å². The van der Waals surface area contributed by atoms with Crippen LogP contribution < -0.4 is 9.47 Å². The highest BCUT2D eigenvalue weighted by Gasteiger charge is 2.02. The Balaban J connectivity index is 1.87. The van der Waals surface area contributed by atoms with Crippen LogP contribution in [-0.2, 0) is 19.1 Å². The Morgan fingerprint density at radius 1 is 0.633 bits per heavy atom. The first-order valence-corrected chi connectivity index (χ1v) is 8.93. The second kappa shape index (κ2) is 11.1. The van der Waals surface area contributed by atoms with E-state index in [1.807, 2.05) is 24.3 Å². The Hall–Kier alpha value is -4.06. The summed E-state index contributed by atoms with van der Waals surface area (Å²) in [7, 11) is 0. The molecule has 0 fully saturated rings. The second-order valence-corrected chi connectivity index (χ2v) is 6.20. The predicted molar refractivity (Wildman–Crippen MR) is 113 cm³/mol. The quantitative estimate of drug-likeness (QED) is 0.320. The van der Waals surface area contributed by atoms with Gasteiger partial charge < -0.3 is 18.9 Å². The number of carbonyl (C=O) groups excluding carboxylic acids is 2. The van der Waals surface area contributed by atoms with E-state index in [-0.39, 0.29) is 0 Å². The van der Waals surface area contributed by atoms with Crippen LogP contribution in [0.15, 0.2) is 97.9 Å². The largest absolute Gasteiger partial charge is 0.462 e. The molecule has 0 aliphatic rings. The highest BCUT2D eigenvalue weighted by atomic mass is 16.5. The summed E-state index contributed by atoms with van der Waals surface area (Å²) in [5, 5.41) is 0. The van der Waals surface area contributed by atoms with Crippen LogP contribution in [0.5, 0.6) is 11.5 Å². The molecule has 0 aliphatic carbocycles. The van der Waals surface area contributed by atoms with E-state index in [0.717, 1.165) is 23.7 Å². The Morgan fingerprint density at radius 2 is 0.967 bits per heavy atom. The molecule has 0 aromatic heterocycles. The zero-order valence-electron chi connectivity index (χ0n) is 16.8. The van der Waals surface area contributed by atoms with Gasteiger partial charge in [-0.15, -0.1) is 0 Å². The first-order chi connectivity index (χ1) is 14.4. The lowest BCUT2D eigenvalue weighted by Crippen LogP contribution is -1.99. The lowest BCUT2D eigenvalue weighted by atomic mass is 10.1. The first-order valence-electron chi connectivity index (χ1n) is 8.93. The van der Waals surface area contributed by atoms with Gasteiger partial charge in [-0.1, -0.05) is 37.4 Å². The van der Waals surface area contributed by atoms with Crippen LogP contribution in [0.3, 0.4) is 0 Å². The minimum atomic E-state index is -0.513. The Bertz CT molecular complexity index is 884. The van der Waals surface area contributed by atoms with Gasteiger partial charge in [-0.05, 0) is 49.2 Å². The summed E-state index contributed by atoms with van der Waals surface area (Å²) in [5.74, 6) is 0.161. The molecule has 2 rings (SSSR count). The molecule has 154 valence electrons. The minimum Gasteiger partial charge on any atom is -0.462 e. The lowest BCUT2D eigenvalue weighted by molar-refractivity contribution is -0.134. The number of ether oxygens (including phenoxy) is 4. The second-order valence-electron chi connectivity index (χ2n) is 6.20. The molecule has 0 aliphatic heterocycles. The van der Waals surface area contributed by atoms with Gasteiger partial charge in [0.1, 0.15) is 36.5 Å². The highest BCUT2D eigenvalue weighted by molar-refractivity contribution is 5.87. The van der Waals surface area contributed by atoms with Crippen molar-refractivity contribution in [3.05, 3.63) is 97.9 Å². The van der Waals surface area contributed by atoms with Crippen LogP contribution in [-0.4, -0.2) is 11.9 Å². The van der Waals surface area contributed by atoms with E-state index in [0.29, 0.717) is 22.6 Å². The van der Waals surface area contributed by atoms with Crippen molar-refractivity contribution in [3.63, 3.8) is 0 Å². The minimum absolute atomic E-state index is 0.308. The van der Waals surface area contributed by atoms with Crippen LogP contribution in [0.1, 0.15) is 13.8 Å². The molecule has 0 saturated heterocycles. The number of rotatable bonds is 9. The molecule has 0 N–H and O–H groups in total. The maximum Gasteiger partial charge on any atom is 0.338 e. The Morgan fingerprint density at radius 3 is 1.27 bits per heavy atom. The number of benzene rings is 2. The molecule has 0 saturated carbocycles. The number of esters is 2. The topological polar surface area (TPSA) is 71.1 Å². The zero-order chi connectivity index (χ0) is 21.9. The molecule has 6 heteroatoms. The van der Waals surface area contributed by atoms with E-state index < -0.39 is 11.9 Å². The van der Waals surface area contributed by atoms with Gasteiger partial charge in [-0.25, -0.2) is 9.59 Å². The SMILES string of the molecule is C=C(C)C(=O)OC=COc1ccc(-c2ccc(OC=COC(=O)C(=C)C)cc2)cc1. The Kier molecular flexibility index (Phi) is 8.20. The summed E-state index contributed by atoms with van der Waals surface area (Å²) < 4.78 is 20.3. The Labute approximate surface area is 175 Å². The van der Waals surface area contributed by atoms with Gasteiger partial charge in [-0.3, -0.25) is 0 Å². The summed E-state index contributed by atoms with van der Waals surface area (Å²) >= 11 is 0. The summed E-state index contributed by atoms with van der Waals surface area (Å²) in [6, 6.07) is 14.8. The average Bonchev–Trinajstić information content (AvgIpc) is 2.74. The van der Waals surface area contributed by atoms with Crippen molar-refractivity contribution in [3.8, 4) is 22.6 Å². The predicted octanol–water partition coefficient (Wildman–Crippen LogP) is 5.29. The van der Waals surface area contributed by atoms with E-state index in [9.17, 15) is 9.59 Å². The van der Waals surface area contributed by atoms with Crippen LogP contribution >= 0.6 is 0 Å². The summed E-state index contributed by atoms with van der Waals surface area (Å²) in [6.45, 7) is 10.1. The van der Waals surface area contributed by atoms with Crippen molar-refractivity contribution in [2.24, 2.45) is 0 Å². The standard InChI is InChI=1S/C24H22O6/c1-17(2)23(25)29-15-13-27-21-9-5-19(6-10-21)20-7-11-22(12-8-20)28-14-16-30-24(26)18(3)4/h5-16H,1,3H2,2,4H3. The van der Waals surface area contributed by atoms with Crippen LogP contribution in [0.25, 0.3) is 11.1 Å². The number of hydrogen-bond donors (Lipinski definition) is 0. The van der Waals surface area contributed by atoms with Gasteiger partial charge >= 0.3 is 11.9 Å². The molecule has 0 radical (unpaired) electrons. The van der Waals surface area contributed by atoms with E-state index in [1.54, 1.807) is 38.1 Å². The van der Waals surface area contributed by atoms with Crippen molar-refractivity contribution in [2.45, 2.75) is 13.8 Å². The molecule has 0 bridgehead atoms. The number of carbonyl (C=O) groups is 2. The zero-order valence-corrected chi connectivity index (χ0v) is 16.8. The van der Waals surface area contributed by atoms with Crippen LogP contribution in [0.4, 0.5) is 0 Å². The average molecular weight is 406 g/mol. The van der Waals surface area contributed by atoms with E-state index in [4.69, 9.17) is 18.9 Å². The van der Waals surface area contributed by atoms with E-state index >= 15 is 0 Å². The van der Waals surface area contributed by atoms with Crippen molar-refractivity contribution in [2.75, 3.05) is 0 Å². The maximum absolute atomic E-state index is 11.2. The molecule has 0 spiro atoms. The molecule has 30 heavy (non-hydrogen) atoms. The first kappa shape index (κ1) is 22.2. The third-order valence-corrected chi connectivity index (χ3v) is 3.61. The van der Waals surface area contributed by atoms with Crippen LogP contribution in [0.2, 0.25) is 0 Å². The lowest BCUT2D eigenvalue weighted by Gasteiger charge is -2.06. The summed E-state index contributed by atoms with van der Waals surface area (Å²) in [6.07, 6.45) is 4.89. The fraction of sp³-hybridized carbons (Fsp3) is 0.0833. The van der Waals surface area contributed by atoms with Gasteiger partial charge in [-0.2, -0.15) is 0 Å². The van der Waals surface area contributed by atoms with Crippen LogP contribution in [0, 0.1) is 0 Å². The van der Waals surface area contributed by atoms with Gasteiger partial charge in [0.25, 0.3) is 0 Å². The van der Waals surface area contributed by atoms with Gasteiger partial charge in [0.05, 0.1) is 0 Å². The molecular weight excluding hydrogens is 384 g/mol.